The SMILES string of the molecule is COC(=O)CN1CCC(NC(=O)N2CCN(c3ccncc3)CC2)CC1. The highest BCUT2D eigenvalue weighted by Gasteiger charge is 2.26. The van der Waals surface area contributed by atoms with Crippen molar-refractivity contribution in [2.45, 2.75) is 18.9 Å². The van der Waals surface area contributed by atoms with Crippen molar-refractivity contribution in [3.63, 3.8) is 0 Å². The lowest BCUT2D eigenvalue weighted by Crippen LogP contribution is -2.55. The quantitative estimate of drug-likeness (QED) is 0.789. The molecule has 2 aliphatic heterocycles. The largest absolute Gasteiger partial charge is 0.468 e. The van der Waals surface area contributed by atoms with Crippen LogP contribution in [0.3, 0.4) is 0 Å². The Kier molecular flexibility index (Phi) is 6.27. The number of nitrogens with one attached hydrogen (secondary N) is 1. The monoisotopic (exact) mass is 361 g/mol. The lowest BCUT2D eigenvalue weighted by molar-refractivity contribution is -0.142. The molecule has 0 unspecified atom stereocenters. The van der Waals surface area contributed by atoms with Gasteiger partial charge in [0, 0.05) is 63.4 Å². The zero-order chi connectivity index (χ0) is 18.4. The molecular weight excluding hydrogens is 334 g/mol. The summed E-state index contributed by atoms with van der Waals surface area (Å²) >= 11 is 0. The van der Waals surface area contributed by atoms with E-state index in [1.165, 1.54) is 7.11 Å². The summed E-state index contributed by atoms with van der Waals surface area (Å²) in [5, 5.41) is 3.15. The summed E-state index contributed by atoms with van der Waals surface area (Å²) in [6.45, 7) is 5.02. The molecule has 142 valence electrons. The fourth-order valence-corrected chi connectivity index (χ4v) is 3.47. The van der Waals surface area contributed by atoms with Crippen molar-refractivity contribution < 1.29 is 14.3 Å². The summed E-state index contributed by atoms with van der Waals surface area (Å²) < 4.78 is 4.70. The van der Waals surface area contributed by atoms with Gasteiger partial charge in [0.2, 0.25) is 0 Å². The van der Waals surface area contributed by atoms with E-state index in [-0.39, 0.29) is 18.0 Å². The Balaban J connectivity index is 1.39. The van der Waals surface area contributed by atoms with Crippen molar-refractivity contribution in [2.24, 2.45) is 0 Å². The molecule has 2 fully saturated rings. The second-order valence-corrected chi connectivity index (χ2v) is 6.76. The van der Waals surface area contributed by atoms with Crippen LogP contribution in [0.5, 0.6) is 0 Å². The number of likely N-dealkylation sites (tertiary alicyclic amines) is 1. The third-order valence-electron chi connectivity index (χ3n) is 5.09. The Morgan fingerprint density at radius 2 is 1.77 bits per heavy atom. The molecule has 2 saturated heterocycles. The van der Waals surface area contributed by atoms with Gasteiger partial charge in [-0.05, 0) is 25.0 Å². The average Bonchev–Trinajstić information content (AvgIpc) is 2.70. The fraction of sp³-hybridized carbons (Fsp3) is 0.611. The molecule has 3 heterocycles. The second kappa shape index (κ2) is 8.84. The number of aromatic nitrogens is 1. The molecule has 0 saturated carbocycles. The molecule has 0 aromatic carbocycles. The van der Waals surface area contributed by atoms with Crippen LogP contribution in [0.25, 0.3) is 0 Å². The van der Waals surface area contributed by atoms with E-state index < -0.39 is 0 Å². The number of piperazine rings is 1. The maximum absolute atomic E-state index is 12.5. The lowest BCUT2D eigenvalue weighted by atomic mass is 10.1. The third kappa shape index (κ3) is 4.85. The van der Waals surface area contributed by atoms with E-state index >= 15 is 0 Å². The van der Waals surface area contributed by atoms with Gasteiger partial charge in [0.15, 0.2) is 0 Å². The number of urea groups is 1. The summed E-state index contributed by atoms with van der Waals surface area (Å²) in [7, 11) is 1.41. The first-order valence-corrected chi connectivity index (χ1v) is 9.15. The molecule has 0 atom stereocenters. The predicted octanol–water partition coefficient (Wildman–Crippen LogP) is 0.551. The summed E-state index contributed by atoms with van der Waals surface area (Å²) in [6.07, 6.45) is 5.31. The van der Waals surface area contributed by atoms with E-state index in [1.54, 1.807) is 12.4 Å². The zero-order valence-corrected chi connectivity index (χ0v) is 15.3. The van der Waals surface area contributed by atoms with Crippen LogP contribution < -0.4 is 10.2 Å². The number of methoxy groups -OCH3 is 1. The maximum Gasteiger partial charge on any atom is 0.319 e. The van der Waals surface area contributed by atoms with E-state index in [0.29, 0.717) is 6.54 Å². The minimum absolute atomic E-state index is 0.0193. The van der Waals surface area contributed by atoms with Crippen molar-refractivity contribution in [3.8, 4) is 0 Å². The second-order valence-electron chi connectivity index (χ2n) is 6.76. The van der Waals surface area contributed by atoms with Gasteiger partial charge in [-0.2, -0.15) is 0 Å². The minimum atomic E-state index is -0.209. The average molecular weight is 361 g/mol. The smallest absolute Gasteiger partial charge is 0.319 e. The summed E-state index contributed by atoms with van der Waals surface area (Å²) in [5.74, 6) is -0.209. The molecule has 1 N–H and O–H groups in total. The number of hydrogen-bond acceptors (Lipinski definition) is 6. The van der Waals surface area contributed by atoms with Crippen molar-refractivity contribution in [1.29, 1.82) is 0 Å². The number of hydrogen-bond donors (Lipinski definition) is 1. The van der Waals surface area contributed by atoms with E-state index in [9.17, 15) is 9.59 Å². The number of rotatable bonds is 4. The number of pyridine rings is 1. The Morgan fingerprint density at radius 3 is 2.38 bits per heavy atom. The highest BCUT2D eigenvalue weighted by molar-refractivity contribution is 5.75. The molecule has 0 aliphatic carbocycles. The van der Waals surface area contributed by atoms with Gasteiger partial charge < -0.3 is 19.9 Å². The number of carbonyl (C=O) groups is 2. The lowest BCUT2D eigenvalue weighted by Gasteiger charge is -2.37. The normalized spacial score (nSPS) is 19.3. The molecule has 2 amide bonds. The molecule has 2 aliphatic rings. The number of ether oxygens (including phenoxy) is 1. The van der Waals surface area contributed by atoms with Crippen molar-refractivity contribution in [1.82, 2.24) is 20.1 Å². The van der Waals surface area contributed by atoms with E-state index in [0.717, 1.165) is 57.8 Å². The van der Waals surface area contributed by atoms with E-state index in [2.05, 4.69) is 20.1 Å². The van der Waals surface area contributed by atoms with Crippen LogP contribution in [0, 0.1) is 0 Å². The van der Waals surface area contributed by atoms with Gasteiger partial charge in [0.1, 0.15) is 0 Å². The zero-order valence-electron chi connectivity index (χ0n) is 15.3. The number of esters is 1. The van der Waals surface area contributed by atoms with Crippen LogP contribution in [0.2, 0.25) is 0 Å². The van der Waals surface area contributed by atoms with Crippen LogP contribution in [0.15, 0.2) is 24.5 Å². The van der Waals surface area contributed by atoms with Crippen LogP contribution >= 0.6 is 0 Å². The Bertz CT molecular complexity index is 596. The van der Waals surface area contributed by atoms with E-state index in [4.69, 9.17) is 4.74 Å². The molecule has 26 heavy (non-hydrogen) atoms. The van der Waals surface area contributed by atoms with Gasteiger partial charge in [-0.15, -0.1) is 0 Å². The van der Waals surface area contributed by atoms with Gasteiger partial charge >= 0.3 is 12.0 Å². The van der Waals surface area contributed by atoms with Gasteiger partial charge in [-0.3, -0.25) is 14.7 Å². The Hall–Kier alpha value is -2.35. The first-order chi connectivity index (χ1) is 12.7. The highest BCUT2D eigenvalue weighted by Crippen LogP contribution is 2.15. The van der Waals surface area contributed by atoms with Crippen molar-refractivity contribution in [3.05, 3.63) is 24.5 Å². The van der Waals surface area contributed by atoms with Crippen molar-refractivity contribution >= 4 is 17.7 Å². The first-order valence-electron chi connectivity index (χ1n) is 9.15. The first kappa shape index (κ1) is 18.4. The molecular formula is C18H27N5O3. The highest BCUT2D eigenvalue weighted by atomic mass is 16.5. The van der Waals surface area contributed by atoms with Crippen LogP contribution in [0.1, 0.15) is 12.8 Å². The third-order valence-corrected chi connectivity index (χ3v) is 5.09. The minimum Gasteiger partial charge on any atom is -0.468 e. The fourth-order valence-electron chi connectivity index (χ4n) is 3.47. The molecule has 3 rings (SSSR count). The number of piperidine rings is 1. The number of nitrogens with zero attached hydrogens (tertiary/aromatic N) is 4. The molecule has 1 aromatic heterocycles. The predicted molar refractivity (Wildman–Crippen MR) is 98.0 cm³/mol. The summed E-state index contributed by atoms with van der Waals surface area (Å²) in [4.78, 5) is 34.1. The summed E-state index contributed by atoms with van der Waals surface area (Å²) in [5.41, 5.74) is 1.15. The topological polar surface area (TPSA) is 78.0 Å². The van der Waals surface area contributed by atoms with Crippen LogP contribution in [0.4, 0.5) is 10.5 Å². The molecule has 0 bridgehead atoms. The number of carbonyl (C=O) groups excluding carboxylic acids is 2. The molecule has 1 aromatic rings. The van der Waals surface area contributed by atoms with Gasteiger partial charge in [0.05, 0.1) is 13.7 Å². The van der Waals surface area contributed by atoms with Crippen molar-refractivity contribution in [2.75, 3.05) is 57.8 Å². The Morgan fingerprint density at radius 1 is 1.12 bits per heavy atom. The van der Waals surface area contributed by atoms with E-state index in [1.807, 2.05) is 17.0 Å². The molecule has 8 heteroatoms. The van der Waals surface area contributed by atoms with Gasteiger partial charge in [-0.1, -0.05) is 0 Å². The number of amides is 2. The van der Waals surface area contributed by atoms with Gasteiger partial charge in [-0.25, -0.2) is 4.79 Å². The molecule has 0 spiro atoms. The van der Waals surface area contributed by atoms with Gasteiger partial charge in [0.25, 0.3) is 0 Å². The number of anilines is 1. The standard InChI is InChI=1S/C18H27N5O3/c1-26-17(24)14-21-8-4-15(5-9-21)20-18(25)23-12-10-22(11-13-23)16-2-6-19-7-3-16/h2-3,6-7,15H,4-5,8-14H2,1H3,(H,20,25). The van der Waals surface area contributed by atoms with Crippen LogP contribution in [-0.2, 0) is 9.53 Å². The molecule has 0 radical (unpaired) electrons. The Labute approximate surface area is 154 Å². The maximum atomic E-state index is 12.5. The summed E-state index contributed by atoms with van der Waals surface area (Å²) in [6, 6.07) is 4.19. The van der Waals surface area contributed by atoms with Crippen LogP contribution in [-0.4, -0.2) is 85.7 Å². The molecule has 8 nitrogen and oxygen atoms in total.